The van der Waals surface area contributed by atoms with Crippen molar-refractivity contribution >= 4 is 29.9 Å². The highest BCUT2D eigenvalue weighted by Gasteiger charge is 2.36. The second kappa shape index (κ2) is 11.0. The highest BCUT2D eigenvalue weighted by Crippen LogP contribution is 2.33. The Bertz CT molecular complexity index is 434. The van der Waals surface area contributed by atoms with Crippen LogP contribution in [0.1, 0.15) is 46.5 Å². The number of ether oxygens (including phenoxy) is 3. The van der Waals surface area contributed by atoms with Crippen molar-refractivity contribution in [1.29, 1.82) is 0 Å². The fourth-order valence-corrected chi connectivity index (χ4v) is 3.90. The summed E-state index contributed by atoms with van der Waals surface area (Å²) in [5.74, 6) is 1.34. The lowest BCUT2D eigenvalue weighted by Gasteiger charge is -2.40. The molecule has 0 radical (unpaired) electrons. The summed E-state index contributed by atoms with van der Waals surface area (Å²) < 4.78 is 17.3. The smallest absolute Gasteiger partial charge is 0.191 e. The highest BCUT2D eigenvalue weighted by molar-refractivity contribution is 14.0. The summed E-state index contributed by atoms with van der Waals surface area (Å²) in [6.07, 6.45) is 4.45. The summed E-state index contributed by atoms with van der Waals surface area (Å²) in [6, 6.07) is 0. The Morgan fingerprint density at radius 1 is 1.19 bits per heavy atom. The Kier molecular flexibility index (Phi) is 10.1. The van der Waals surface area contributed by atoms with Gasteiger partial charge in [0, 0.05) is 65.8 Å². The van der Waals surface area contributed by atoms with Gasteiger partial charge in [0.25, 0.3) is 0 Å². The van der Waals surface area contributed by atoms with Crippen LogP contribution in [-0.2, 0) is 14.2 Å². The van der Waals surface area contributed by atoms with Gasteiger partial charge in [0.05, 0.1) is 11.7 Å². The lowest BCUT2D eigenvalue weighted by Crippen LogP contribution is -2.52. The molecule has 0 saturated carbocycles. The van der Waals surface area contributed by atoms with E-state index < -0.39 is 0 Å². The molecule has 2 fully saturated rings. The first-order valence-corrected chi connectivity index (χ1v) is 9.59. The maximum Gasteiger partial charge on any atom is 0.191 e. The van der Waals surface area contributed by atoms with Gasteiger partial charge in [-0.25, -0.2) is 0 Å². The predicted molar refractivity (Wildman–Crippen MR) is 116 cm³/mol. The molecule has 0 spiro atoms. The van der Waals surface area contributed by atoms with Crippen LogP contribution in [0.15, 0.2) is 4.99 Å². The summed E-state index contributed by atoms with van der Waals surface area (Å²) in [5.41, 5.74) is 0.00366. The molecule has 0 aromatic carbocycles. The molecule has 2 aliphatic heterocycles. The van der Waals surface area contributed by atoms with E-state index in [0.717, 1.165) is 58.1 Å². The Morgan fingerprint density at radius 3 is 2.46 bits per heavy atom. The van der Waals surface area contributed by atoms with Crippen LogP contribution < -0.4 is 10.6 Å². The molecule has 26 heavy (non-hydrogen) atoms. The van der Waals surface area contributed by atoms with Gasteiger partial charge in [-0.15, -0.1) is 24.0 Å². The van der Waals surface area contributed by atoms with Gasteiger partial charge in [-0.05, 0) is 18.3 Å². The minimum Gasteiger partial charge on any atom is -0.381 e. The summed E-state index contributed by atoms with van der Waals surface area (Å²) in [7, 11) is 3.61. The van der Waals surface area contributed by atoms with Gasteiger partial charge in [0.15, 0.2) is 5.96 Å². The summed E-state index contributed by atoms with van der Waals surface area (Å²) >= 11 is 0. The number of nitrogens with one attached hydrogen (secondary N) is 2. The topological polar surface area (TPSA) is 64.1 Å². The Morgan fingerprint density at radius 2 is 1.88 bits per heavy atom. The first kappa shape index (κ1) is 23.9. The van der Waals surface area contributed by atoms with E-state index >= 15 is 0 Å². The predicted octanol–water partition coefficient (Wildman–Crippen LogP) is 2.81. The Labute approximate surface area is 176 Å². The average Bonchev–Trinajstić information content (AvgIpc) is 2.62. The molecule has 0 aliphatic carbocycles. The lowest BCUT2D eigenvalue weighted by molar-refractivity contribution is -0.0861. The van der Waals surface area contributed by atoms with Crippen LogP contribution >= 0.6 is 24.0 Å². The average molecular weight is 483 g/mol. The molecule has 0 aromatic heterocycles. The van der Waals surface area contributed by atoms with Crippen LogP contribution in [0.4, 0.5) is 0 Å². The second-order valence-electron chi connectivity index (χ2n) is 8.37. The molecule has 154 valence electrons. The largest absolute Gasteiger partial charge is 0.381 e. The standard InChI is InChI=1S/C19H37N3O3.HI/c1-18(2,3)16-15(7-6-10-25-16)13-21-17(20-4)22-14-19(23-5)8-11-24-12-9-19;/h15-16H,6-14H2,1-5H3,(H2,20,21,22);1H. The van der Waals surface area contributed by atoms with Gasteiger partial charge in [0.2, 0.25) is 0 Å². The van der Waals surface area contributed by atoms with Crippen LogP contribution in [0, 0.1) is 11.3 Å². The zero-order chi connectivity index (χ0) is 18.3. The number of hydrogen-bond donors (Lipinski definition) is 2. The van der Waals surface area contributed by atoms with Crippen molar-refractivity contribution in [2.24, 2.45) is 16.3 Å². The van der Waals surface area contributed by atoms with E-state index in [4.69, 9.17) is 14.2 Å². The van der Waals surface area contributed by atoms with Crippen molar-refractivity contribution in [3.8, 4) is 0 Å². The zero-order valence-electron chi connectivity index (χ0n) is 17.1. The monoisotopic (exact) mass is 483 g/mol. The molecule has 2 unspecified atom stereocenters. The van der Waals surface area contributed by atoms with E-state index in [1.807, 2.05) is 7.05 Å². The van der Waals surface area contributed by atoms with Crippen LogP contribution in [0.25, 0.3) is 0 Å². The fraction of sp³-hybridized carbons (Fsp3) is 0.947. The van der Waals surface area contributed by atoms with Crippen molar-refractivity contribution in [3.63, 3.8) is 0 Å². The molecule has 2 rings (SSSR count). The van der Waals surface area contributed by atoms with Gasteiger partial charge >= 0.3 is 0 Å². The molecule has 2 saturated heterocycles. The first-order chi connectivity index (χ1) is 11.9. The van der Waals surface area contributed by atoms with Crippen LogP contribution in [0.5, 0.6) is 0 Å². The summed E-state index contributed by atoms with van der Waals surface area (Å²) in [4.78, 5) is 4.38. The highest BCUT2D eigenvalue weighted by atomic mass is 127. The SMILES string of the molecule is CN=C(NCC1CCCOC1C(C)(C)C)NCC1(OC)CCOCC1.I. The molecule has 0 amide bonds. The zero-order valence-corrected chi connectivity index (χ0v) is 19.4. The van der Waals surface area contributed by atoms with Gasteiger partial charge in [-0.1, -0.05) is 20.8 Å². The van der Waals surface area contributed by atoms with Gasteiger partial charge < -0.3 is 24.8 Å². The van der Waals surface area contributed by atoms with Gasteiger partial charge in [-0.3, -0.25) is 4.99 Å². The van der Waals surface area contributed by atoms with E-state index in [1.54, 1.807) is 7.11 Å². The van der Waals surface area contributed by atoms with E-state index in [1.165, 1.54) is 6.42 Å². The van der Waals surface area contributed by atoms with Gasteiger partial charge in [0.1, 0.15) is 0 Å². The number of methoxy groups -OCH3 is 1. The van der Waals surface area contributed by atoms with E-state index in [0.29, 0.717) is 5.92 Å². The van der Waals surface area contributed by atoms with Crippen LogP contribution in [0.2, 0.25) is 0 Å². The second-order valence-corrected chi connectivity index (χ2v) is 8.37. The Hall–Kier alpha value is -0.120. The fourth-order valence-electron chi connectivity index (χ4n) is 3.90. The third-order valence-corrected chi connectivity index (χ3v) is 5.47. The van der Waals surface area contributed by atoms with Crippen LogP contribution in [0.3, 0.4) is 0 Å². The molecular formula is C19H38IN3O3. The third-order valence-electron chi connectivity index (χ3n) is 5.47. The molecule has 2 heterocycles. The number of guanidine groups is 1. The van der Waals surface area contributed by atoms with Crippen molar-refractivity contribution in [3.05, 3.63) is 0 Å². The molecule has 2 atom stereocenters. The minimum absolute atomic E-state index is 0. The number of nitrogens with zero attached hydrogens (tertiary/aromatic N) is 1. The van der Waals surface area contributed by atoms with E-state index in [-0.39, 0.29) is 41.1 Å². The van der Waals surface area contributed by atoms with Crippen molar-refractivity contribution < 1.29 is 14.2 Å². The Balaban J connectivity index is 0.00000338. The van der Waals surface area contributed by atoms with Crippen LogP contribution in [-0.4, -0.2) is 64.7 Å². The van der Waals surface area contributed by atoms with E-state index in [9.17, 15) is 0 Å². The van der Waals surface area contributed by atoms with E-state index in [2.05, 4.69) is 36.4 Å². The molecule has 0 aromatic rings. The summed E-state index contributed by atoms with van der Waals surface area (Å²) in [5, 5.41) is 6.94. The molecule has 2 N–H and O–H groups in total. The number of rotatable bonds is 5. The molecule has 7 heteroatoms. The summed E-state index contributed by atoms with van der Waals surface area (Å²) in [6.45, 7) is 10.8. The normalized spacial score (nSPS) is 26.7. The lowest BCUT2D eigenvalue weighted by atomic mass is 9.78. The van der Waals surface area contributed by atoms with Crippen molar-refractivity contribution in [1.82, 2.24) is 10.6 Å². The first-order valence-electron chi connectivity index (χ1n) is 9.59. The number of aliphatic imine (C=N–C) groups is 1. The molecule has 0 bridgehead atoms. The third kappa shape index (κ3) is 6.80. The molecule has 6 nitrogen and oxygen atoms in total. The molecular weight excluding hydrogens is 445 g/mol. The molecule has 2 aliphatic rings. The van der Waals surface area contributed by atoms with Crippen molar-refractivity contribution in [2.45, 2.75) is 58.2 Å². The van der Waals surface area contributed by atoms with Gasteiger partial charge in [-0.2, -0.15) is 0 Å². The number of hydrogen-bond acceptors (Lipinski definition) is 4. The van der Waals surface area contributed by atoms with Crippen molar-refractivity contribution in [2.75, 3.05) is 47.1 Å². The minimum atomic E-state index is -0.155. The quantitative estimate of drug-likeness (QED) is 0.358. The maximum absolute atomic E-state index is 6.08. The maximum atomic E-state index is 6.08. The number of halogens is 1.